The number of likely N-dealkylation sites (tertiary alicyclic amines) is 1. The highest BCUT2D eigenvalue weighted by atomic mass is 16.4. The van der Waals surface area contributed by atoms with E-state index in [0.717, 1.165) is 5.69 Å². The van der Waals surface area contributed by atoms with Crippen molar-refractivity contribution in [2.45, 2.75) is 26.3 Å². The molecule has 1 saturated heterocycles. The predicted molar refractivity (Wildman–Crippen MR) is 72.0 cm³/mol. The zero-order chi connectivity index (χ0) is 14.8. The third-order valence-electron chi connectivity index (χ3n) is 4.01. The number of hydrogen-bond donors (Lipinski definition) is 2. The smallest absolute Gasteiger partial charge is 0.317 e. The highest BCUT2D eigenvalue weighted by molar-refractivity contribution is 5.76. The van der Waals surface area contributed by atoms with Crippen LogP contribution in [0.15, 0.2) is 12.3 Å². The number of nitrogens with zero attached hydrogens (tertiary/aromatic N) is 3. The van der Waals surface area contributed by atoms with Crippen LogP contribution in [0.3, 0.4) is 0 Å². The average molecular weight is 280 g/mol. The number of amides is 2. The predicted octanol–water partition coefficient (Wildman–Crippen LogP) is 0.816. The van der Waals surface area contributed by atoms with Crippen LogP contribution in [0.4, 0.5) is 4.79 Å². The molecule has 0 spiro atoms. The van der Waals surface area contributed by atoms with E-state index in [0.29, 0.717) is 32.5 Å². The molecule has 0 aromatic carbocycles. The quantitative estimate of drug-likeness (QED) is 0.858. The van der Waals surface area contributed by atoms with Crippen LogP contribution in [0.5, 0.6) is 0 Å². The highest BCUT2D eigenvalue weighted by Gasteiger charge is 2.37. The van der Waals surface area contributed by atoms with Crippen molar-refractivity contribution in [2.24, 2.45) is 12.5 Å². The Morgan fingerprint density at radius 2 is 2.10 bits per heavy atom. The number of carbonyl (C=O) groups excluding carboxylic acids is 1. The van der Waals surface area contributed by atoms with E-state index in [-0.39, 0.29) is 6.03 Å². The molecule has 0 atom stereocenters. The van der Waals surface area contributed by atoms with Crippen LogP contribution in [-0.4, -0.2) is 44.9 Å². The van der Waals surface area contributed by atoms with Crippen molar-refractivity contribution in [3.8, 4) is 0 Å². The lowest BCUT2D eigenvalue weighted by atomic mass is 9.80. The molecule has 7 nitrogen and oxygen atoms in total. The van der Waals surface area contributed by atoms with E-state index in [2.05, 4.69) is 10.4 Å². The normalized spacial score (nSPS) is 17.8. The number of urea groups is 1. The minimum Gasteiger partial charge on any atom is -0.481 e. The Bertz CT molecular complexity index is 503. The number of carboxylic acid groups (broad SMARTS) is 1. The molecule has 2 heterocycles. The molecule has 0 bridgehead atoms. The van der Waals surface area contributed by atoms with E-state index in [4.69, 9.17) is 5.11 Å². The molecule has 20 heavy (non-hydrogen) atoms. The van der Waals surface area contributed by atoms with Gasteiger partial charge in [0.15, 0.2) is 0 Å². The summed E-state index contributed by atoms with van der Waals surface area (Å²) in [6, 6.07) is 1.69. The molecule has 7 heteroatoms. The van der Waals surface area contributed by atoms with Gasteiger partial charge in [-0.15, -0.1) is 0 Å². The summed E-state index contributed by atoms with van der Waals surface area (Å²) in [6.07, 6.45) is 2.66. The van der Waals surface area contributed by atoms with Crippen molar-refractivity contribution < 1.29 is 14.7 Å². The Hall–Kier alpha value is -2.05. The molecule has 2 amide bonds. The van der Waals surface area contributed by atoms with Crippen LogP contribution in [-0.2, 0) is 18.4 Å². The maximum Gasteiger partial charge on any atom is 0.317 e. The number of nitrogens with one attached hydrogen (secondary N) is 1. The van der Waals surface area contributed by atoms with Gasteiger partial charge in [-0.3, -0.25) is 9.48 Å². The number of carboxylic acids is 1. The number of carbonyl (C=O) groups is 2. The fourth-order valence-electron chi connectivity index (χ4n) is 2.27. The summed E-state index contributed by atoms with van der Waals surface area (Å²) in [5.41, 5.74) is 0.212. The molecule has 2 rings (SSSR count). The number of rotatable bonds is 3. The first-order valence-electron chi connectivity index (χ1n) is 6.65. The lowest BCUT2D eigenvalue weighted by Gasteiger charge is -2.36. The minimum atomic E-state index is -0.785. The van der Waals surface area contributed by atoms with Crippen LogP contribution in [0.2, 0.25) is 0 Å². The summed E-state index contributed by atoms with van der Waals surface area (Å²) in [4.78, 5) is 24.8. The van der Waals surface area contributed by atoms with Crippen molar-refractivity contribution in [3.05, 3.63) is 18.0 Å². The average Bonchev–Trinajstić information content (AvgIpc) is 2.82. The fraction of sp³-hybridized carbons (Fsp3) is 0.615. The van der Waals surface area contributed by atoms with Gasteiger partial charge in [0.25, 0.3) is 0 Å². The van der Waals surface area contributed by atoms with E-state index < -0.39 is 11.4 Å². The van der Waals surface area contributed by atoms with Gasteiger partial charge in [-0.05, 0) is 25.8 Å². The zero-order valence-corrected chi connectivity index (χ0v) is 11.8. The fourth-order valence-corrected chi connectivity index (χ4v) is 2.27. The first-order valence-corrected chi connectivity index (χ1v) is 6.65. The topological polar surface area (TPSA) is 87.5 Å². The molecule has 110 valence electrons. The van der Waals surface area contributed by atoms with E-state index in [1.807, 2.05) is 13.1 Å². The molecule has 0 unspecified atom stereocenters. The van der Waals surface area contributed by atoms with E-state index in [9.17, 15) is 9.59 Å². The molecule has 0 radical (unpaired) electrons. The number of aliphatic carboxylic acids is 1. The second kappa shape index (κ2) is 5.52. The van der Waals surface area contributed by atoms with Crippen LogP contribution in [0.1, 0.15) is 25.5 Å². The Labute approximate surface area is 117 Å². The third kappa shape index (κ3) is 2.92. The second-order valence-corrected chi connectivity index (χ2v) is 5.46. The second-order valence-electron chi connectivity index (χ2n) is 5.46. The molecular weight excluding hydrogens is 260 g/mol. The van der Waals surface area contributed by atoms with Crippen molar-refractivity contribution in [3.63, 3.8) is 0 Å². The lowest BCUT2D eigenvalue weighted by Crippen LogP contribution is -2.48. The molecule has 1 aliphatic rings. The first kappa shape index (κ1) is 14.4. The van der Waals surface area contributed by atoms with Gasteiger partial charge in [0.1, 0.15) is 0 Å². The SMILES string of the molecule is Cn1nccc1CNC(=O)N1CCC(C)(C(=O)O)CC1. The minimum absolute atomic E-state index is 0.154. The maximum atomic E-state index is 12.0. The van der Waals surface area contributed by atoms with Crippen LogP contribution in [0.25, 0.3) is 0 Å². The summed E-state index contributed by atoms with van der Waals surface area (Å²) >= 11 is 0. The van der Waals surface area contributed by atoms with Gasteiger partial charge in [-0.25, -0.2) is 4.79 Å². The Morgan fingerprint density at radius 3 is 2.60 bits per heavy atom. The van der Waals surface area contributed by atoms with Crippen molar-refractivity contribution >= 4 is 12.0 Å². The standard InChI is InChI=1S/C13H20N4O3/c1-13(11(18)19)4-7-17(8-5-13)12(20)14-9-10-3-6-15-16(10)2/h3,6H,4-5,7-9H2,1-2H3,(H,14,20)(H,18,19). The van der Waals surface area contributed by atoms with Crippen molar-refractivity contribution in [1.82, 2.24) is 20.0 Å². The Balaban J connectivity index is 1.83. The zero-order valence-electron chi connectivity index (χ0n) is 11.8. The Morgan fingerprint density at radius 1 is 1.45 bits per heavy atom. The molecule has 0 saturated carbocycles. The largest absolute Gasteiger partial charge is 0.481 e. The highest BCUT2D eigenvalue weighted by Crippen LogP contribution is 2.30. The molecule has 1 aliphatic heterocycles. The molecule has 2 N–H and O–H groups in total. The molecule has 0 aliphatic carbocycles. The van der Waals surface area contributed by atoms with Crippen LogP contribution < -0.4 is 5.32 Å². The molecule has 1 aromatic rings. The summed E-state index contributed by atoms with van der Waals surface area (Å²) < 4.78 is 1.71. The summed E-state index contributed by atoms with van der Waals surface area (Å²) in [6.45, 7) is 3.10. The number of aromatic nitrogens is 2. The summed E-state index contributed by atoms with van der Waals surface area (Å²) in [7, 11) is 1.82. The molecular formula is C13H20N4O3. The number of aryl methyl sites for hydroxylation is 1. The Kier molecular flexibility index (Phi) is 3.96. The van der Waals surface area contributed by atoms with Gasteiger partial charge in [0.05, 0.1) is 17.7 Å². The van der Waals surface area contributed by atoms with Crippen LogP contribution in [0, 0.1) is 5.41 Å². The number of piperidine rings is 1. The summed E-state index contributed by atoms with van der Waals surface area (Å²) in [5, 5.41) is 16.0. The monoisotopic (exact) mass is 280 g/mol. The van der Waals surface area contributed by atoms with Gasteiger partial charge in [0, 0.05) is 26.3 Å². The van der Waals surface area contributed by atoms with Gasteiger partial charge in [-0.2, -0.15) is 5.10 Å². The number of hydrogen-bond acceptors (Lipinski definition) is 3. The molecule has 1 aromatic heterocycles. The third-order valence-corrected chi connectivity index (χ3v) is 4.01. The summed E-state index contributed by atoms with van der Waals surface area (Å²) in [5.74, 6) is -0.785. The van der Waals surface area contributed by atoms with Gasteiger partial charge in [0.2, 0.25) is 0 Å². The van der Waals surface area contributed by atoms with Gasteiger partial charge >= 0.3 is 12.0 Å². The van der Waals surface area contributed by atoms with Crippen molar-refractivity contribution in [1.29, 1.82) is 0 Å². The van der Waals surface area contributed by atoms with Gasteiger partial charge < -0.3 is 15.3 Å². The lowest BCUT2D eigenvalue weighted by molar-refractivity contribution is -0.150. The molecule has 1 fully saturated rings. The van der Waals surface area contributed by atoms with E-state index in [1.165, 1.54) is 0 Å². The maximum absolute atomic E-state index is 12.0. The van der Waals surface area contributed by atoms with Gasteiger partial charge in [-0.1, -0.05) is 0 Å². The van der Waals surface area contributed by atoms with E-state index in [1.54, 1.807) is 22.7 Å². The van der Waals surface area contributed by atoms with Crippen molar-refractivity contribution in [2.75, 3.05) is 13.1 Å². The first-order chi connectivity index (χ1) is 9.42. The van der Waals surface area contributed by atoms with E-state index >= 15 is 0 Å². The van der Waals surface area contributed by atoms with Crippen LogP contribution >= 0.6 is 0 Å².